The van der Waals surface area contributed by atoms with Crippen molar-refractivity contribution < 1.29 is 24.1 Å². The fourth-order valence-electron chi connectivity index (χ4n) is 3.37. The summed E-state index contributed by atoms with van der Waals surface area (Å²) < 4.78 is 7.21. The lowest BCUT2D eigenvalue weighted by Crippen LogP contribution is -2.30. The van der Waals surface area contributed by atoms with Crippen molar-refractivity contribution in [2.45, 2.75) is 26.2 Å². The van der Waals surface area contributed by atoms with Crippen LogP contribution in [0.2, 0.25) is 0 Å². The van der Waals surface area contributed by atoms with E-state index < -0.39 is 5.97 Å². The molecule has 31 heavy (non-hydrogen) atoms. The highest BCUT2D eigenvalue weighted by Crippen LogP contribution is 2.40. The topological polar surface area (TPSA) is 111 Å². The number of benzene rings is 2. The number of hydrogen-bond acceptors (Lipinski definition) is 7. The summed E-state index contributed by atoms with van der Waals surface area (Å²) in [5, 5.41) is 26.4. The molecule has 9 nitrogen and oxygen atoms in total. The van der Waals surface area contributed by atoms with Crippen LogP contribution in [-0.4, -0.2) is 48.6 Å². The Labute approximate surface area is 181 Å². The van der Waals surface area contributed by atoms with Crippen LogP contribution < -0.4 is 14.9 Å². The molecule has 2 aromatic rings. The maximum absolute atomic E-state index is 11.1. The number of carbonyl (C=O) groups excluding carboxylic acids is 1. The number of carbonyl (C=O) groups is 1. The minimum absolute atomic E-state index is 0.101. The molecule has 0 N–H and O–H groups in total. The van der Waals surface area contributed by atoms with Crippen molar-refractivity contribution in [3.05, 3.63) is 58.1 Å². The molecule has 9 heteroatoms. The Morgan fingerprint density at radius 3 is 2.32 bits per heavy atom. The van der Waals surface area contributed by atoms with E-state index in [0.717, 1.165) is 35.3 Å². The van der Waals surface area contributed by atoms with E-state index in [0.29, 0.717) is 0 Å². The number of methoxy groups -OCH3 is 1. The van der Waals surface area contributed by atoms with E-state index in [-0.39, 0.29) is 16.0 Å². The fraction of sp³-hybridized carbons (Fsp3) is 0.318. The molecule has 3 rings (SSSR count). The molecule has 1 heterocycles. The van der Waals surface area contributed by atoms with Gasteiger partial charge >= 0.3 is 0 Å². The van der Waals surface area contributed by atoms with Crippen molar-refractivity contribution >= 4 is 35.0 Å². The number of aliphatic carboxylic acids is 1. The summed E-state index contributed by atoms with van der Waals surface area (Å²) in [6.07, 6.45) is 1.82. The number of carboxylic acids is 1. The highest BCUT2D eigenvalue weighted by molar-refractivity contribution is 6.33. The quantitative estimate of drug-likeness (QED) is 0.314. The van der Waals surface area contributed by atoms with Gasteiger partial charge in [0.1, 0.15) is 19.0 Å². The Morgan fingerprint density at radius 2 is 1.81 bits per heavy atom. The standard InChI is InChI=1S/C20H23N4O3.C2H4O2/c1-20(2)17-12-15(24(25)26)8-11-18(17)22(3)19(20)13-21-23(4)14-6-9-16(27-5)10-7-14;1-2(3)4/h6-13H,1-5H3;1H3,(H,3,4)/q+1;/p-1. The van der Waals surface area contributed by atoms with Crippen LogP contribution >= 0.6 is 0 Å². The van der Waals surface area contributed by atoms with E-state index in [4.69, 9.17) is 14.6 Å². The van der Waals surface area contributed by atoms with Gasteiger partial charge in [-0.25, -0.2) is 0 Å². The second kappa shape index (κ2) is 9.38. The fourth-order valence-corrected chi connectivity index (χ4v) is 3.37. The van der Waals surface area contributed by atoms with Gasteiger partial charge in [0.2, 0.25) is 11.4 Å². The number of anilines is 1. The third-order valence-corrected chi connectivity index (χ3v) is 5.03. The van der Waals surface area contributed by atoms with E-state index in [9.17, 15) is 10.1 Å². The number of hydrogen-bond donors (Lipinski definition) is 0. The van der Waals surface area contributed by atoms with E-state index in [1.54, 1.807) is 24.3 Å². The van der Waals surface area contributed by atoms with Crippen LogP contribution in [0.15, 0.2) is 47.6 Å². The Morgan fingerprint density at radius 1 is 1.23 bits per heavy atom. The van der Waals surface area contributed by atoms with Gasteiger partial charge in [-0.05, 0) is 45.0 Å². The first kappa shape index (κ1) is 23.5. The third kappa shape index (κ3) is 5.25. The number of ether oxygens (including phenoxy) is 1. The van der Waals surface area contributed by atoms with Crippen molar-refractivity contribution in [3.63, 3.8) is 0 Å². The number of fused-ring (bicyclic) bond motifs is 1. The van der Waals surface area contributed by atoms with Crippen LogP contribution in [0.1, 0.15) is 26.3 Å². The predicted octanol–water partition coefficient (Wildman–Crippen LogP) is 2.49. The highest BCUT2D eigenvalue weighted by Gasteiger charge is 2.44. The molecule has 0 radical (unpaired) electrons. The van der Waals surface area contributed by atoms with Gasteiger partial charge < -0.3 is 14.6 Å². The molecule has 0 saturated heterocycles. The number of hydrazone groups is 1. The number of rotatable bonds is 5. The van der Waals surface area contributed by atoms with E-state index in [2.05, 4.69) is 5.10 Å². The number of nitro groups is 1. The SMILES string of the molecule is CC(=O)[O-].COc1ccc(N(C)N=CC2=[N+](C)c3ccc([N+](=O)[O-])cc3C2(C)C)cc1. The average molecular weight is 426 g/mol. The van der Waals surface area contributed by atoms with Crippen molar-refractivity contribution in [3.8, 4) is 5.75 Å². The van der Waals surface area contributed by atoms with Crippen LogP contribution in [0.5, 0.6) is 5.75 Å². The number of non-ortho nitro benzene ring substituents is 1. The molecule has 1 aliphatic rings. The minimum atomic E-state index is -1.08. The molecule has 164 valence electrons. The maximum Gasteiger partial charge on any atom is 0.270 e. The van der Waals surface area contributed by atoms with Gasteiger partial charge in [-0.1, -0.05) is 0 Å². The van der Waals surface area contributed by atoms with Crippen LogP contribution in [0.4, 0.5) is 17.1 Å². The third-order valence-electron chi connectivity index (χ3n) is 5.03. The lowest BCUT2D eigenvalue weighted by atomic mass is 9.82. The second-order valence-corrected chi connectivity index (χ2v) is 7.49. The molecular weight excluding hydrogens is 400 g/mol. The Hall–Kier alpha value is -3.75. The van der Waals surface area contributed by atoms with Crippen molar-refractivity contribution in [2.24, 2.45) is 5.10 Å². The van der Waals surface area contributed by atoms with Crippen molar-refractivity contribution in [1.82, 2.24) is 0 Å². The Bertz CT molecular complexity index is 1040. The van der Waals surface area contributed by atoms with E-state index >= 15 is 0 Å². The second-order valence-electron chi connectivity index (χ2n) is 7.49. The Kier molecular flexibility index (Phi) is 7.12. The van der Waals surface area contributed by atoms with Gasteiger partial charge in [0, 0.05) is 36.8 Å². The minimum Gasteiger partial charge on any atom is -0.550 e. The summed E-state index contributed by atoms with van der Waals surface area (Å²) in [5.41, 5.74) is 3.49. The monoisotopic (exact) mass is 426 g/mol. The summed E-state index contributed by atoms with van der Waals surface area (Å²) in [5.74, 6) is -0.292. The number of nitrogens with zero attached hydrogens (tertiary/aromatic N) is 4. The summed E-state index contributed by atoms with van der Waals surface area (Å²) in [7, 11) is 5.46. The first-order valence-electron chi connectivity index (χ1n) is 9.48. The summed E-state index contributed by atoms with van der Waals surface area (Å²) >= 11 is 0. The van der Waals surface area contributed by atoms with Crippen molar-refractivity contribution in [2.75, 3.05) is 26.2 Å². The molecule has 1 aliphatic heterocycles. The molecule has 0 fully saturated rings. The van der Waals surface area contributed by atoms with Crippen LogP contribution in [0, 0.1) is 10.1 Å². The van der Waals surface area contributed by atoms with E-state index in [1.165, 1.54) is 6.07 Å². The first-order chi connectivity index (χ1) is 14.5. The molecule has 0 amide bonds. The zero-order valence-corrected chi connectivity index (χ0v) is 18.4. The lowest BCUT2D eigenvalue weighted by Gasteiger charge is -2.16. The van der Waals surface area contributed by atoms with Gasteiger partial charge in [-0.15, -0.1) is 0 Å². The largest absolute Gasteiger partial charge is 0.550 e. The molecule has 0 atom stereocenters. The summed E-state index contributed by atoms with van der Waals surface area (Å²) in [6, 6.07) is 12.6. The van der Waals surface area contributed by atoms with E-state index in [1.807, 2.05) is 63.0 Å². The highest BCUT2D eigenvalue weighted by atomic mass is 16.6. The molecule has 0 aliphatic carbocycles. The number of carboxylic acid groups (broad SMARTS) is 1. The number of nitro benzene ring substituents is 1. The normalized spacial score (nSPS) is 14.0. The van der Waals surface area contributed by atoms with Gasteiger partial charge in [0.05, 0.1) is 23.1 Å². The summed E-state index contributed by atoms with van der Waals surface area (Å²) in [6.45, 7) is 5.07. The van der Waals surface area contributed by atoms with Crippen LogP contribution in [0.25, 0.3) is 0 Å². The smallest absolute Gasteiger partial charge is 0.270 e. The zero-order valence-electron chi connectivity index (χ0n) is 18.4. The van der Waals surface area contributed by atoms with Crippen molar-refractivity contribution in [1.29, 1.82) is 0 Å². The maximum atomic E-state index is 11.1. The average Bonchev–Trinajstić information content (AvgIpc) is 2.91. The van der Waals surface area contributed by atoms with Gasteiger partial charge in [0.25, 0.3) is 5.69 Å². The van der Waals surface area contributed by atoms with Crippen LogP contribution in [-0.2, 0) is 10.2 Å². The van der Waals surface area contributed by atoms with Gasteiger partial charge in [-0.3, -0.25) is 15.1 Å². The lowest BCUT2D eigenvalue weighted by molar-refractivity contribution is -0.401. The predicted molar refractivity (Wildman–Crippen MR) is 118 cm³/mol. The molecule has 0 bridgehead atoms. The molecule has 0 aromatic heterocycles. The molecule has 2 aromatic carbocycles. The van der Waals surface area contributed by atoms with Crippen LogP contribution in [0.3, 0.4) is 0 Å². The van der Waals surface area contributed by atoms with Gasteiger partial charge in [0.15, 0.2) is 0 Å². The van der Waals surface area contributed by atoms with Gasteiger partial charge in [-0.2, -0.15) is 9.68 Å². The summed E-state index contributed by atoms with van der Waals surface area (Å²) in [4.78, 5) is 19.7. The molecule has 0 saturated carbocycles. The first-order valence-corrected chi connectivity index (χ1v) is 9.48. The molecular formula is C22H26N4O5. The zero-order chi connectivity index (χ0) is 23.3. The Balaban J connectivity index is 0.000000785. The molecule has 0 unspecified atom stereocenters. The molecule has 0 spiro atoms.